The van der Waals surface area contributed by atoms with E-state index in [0.29, 0.717) is 35.6 Å². The predicted octanol–water partition coefficient (Wildman–Crippen LogP) is 4.90. The van der Waals surface area contributed by atoms with E-state index in [9.17, 15) is 9.90 Å². The van der Waals surface area contributed by atoms with E-state index in [1.165, 1.54) is 5.56 Å². The van der Waals surface area contributed by atoms with Gasteiger partial charge in [-0.2, -0.15) is 0 Å². The Balaban J connectivity index is 0.820. The minimum Gasteiger partial charge on any atom is -0.507 e. The monoisotopic (exact) mass is 722 g/mol. The second kappa shape index (κ2) is 15.2. The zero-order valence-electron chi connectivity index (χ0n) is 30.9. The van der Waals surface area contributed by atoms with Gasteiger partial charge in [0.2, 0.25) is 5.95 Å². The molecule has 0 bridgehead atoms. The lowest BCUT2D eigenvalue weighted by Crippen LogP contribution is -2.58. The number of para-hydroxylation sites is 1. The Kier molecular flexibility index (Phi) is 10.0. The molecule has 7 heterocycles. The van der Waals surface area contributed by atoms with E-state index < -0.39 is 5.92 Å². The summed E-state index contributed by atoms with van der Waals surface area (Å²) in [5.41, 5.74) is 3.58. The summed E-state index contributed by atoms with van der Waals surface area (Å²) in [7, 11) is 0. The van der Waals surface area contributed by atoms with Crippen molar-refractivity contribution in [1.29, 1.82) is 0 Å². The van der Waals surface area contributed by atoms with Crippen molar-refractivity contribution in [3.63, 3.8) is 0 Å². The molecule has 2 atom stereocenters. The summed E-state index contributed by atoms with van der Waals surface area (Å²) in [6, 6.07) is 12.0. The first-order valence-corrected chi connectivity index (χ1v) is 19.2. The molecule has 4 aliphatic rings. The highest BCUT2D eigenvalue weighted by Crippen LogP contribution is 2.37. The number of carbonyl (C=O) groups is 1. The molecule has 0 radical (unpaired) electrons. The van der Waals surface area contributed by atoms with Crippen molar-refractivity contribution in [2.75, 3.05) is 79.0 Å². The molecule has 14 nitrogen and oxygen atoms in total. The minimum atomic E-state index is -0.441. The van der Waals surface area contributed by atoms with Crippen LogP contribution in [0.1, 0.15) is 69.6 Å². The first kappa shape index (κ1) is 35.1. The number of hydrogen-bond donors (Lipinski definition) is 2. The summed E-state index contributed by atoms with van der Waals surface area (Å²) >= 11 is 0. The third kappa shape index (κ3) is 7.20. The molecule has 4 aliphatic heterocycles. The standard InChI is InChI=1S/C39H50N10O4/c1-4-52-38(51)36(25(2)3)34-20-35(45-53-34)47-15-11-28(12-16-47)46-13-9-26(10-14-46)27-21-41-39(42-22-27)48-17-18-49-29(24-48)23-40-37-32(49)19-31(43-44-37)30-7-5-6-8-33(30)50/h5-8,19-22,25-26,28-29,36,50H,4,9-18,23-24H2,1-3H3,(H,40,44)/t29-,36?/m1/s1. The molecule has 3 aromatic heterocycles. The molecule has 0 amide bonds. The molecule has 14 heteroatoms. The number of benzene rings is 1. The van der Waals surface area contributed by atoms with Crippen LogP contribution in [0.4, 0.5) is 23.3 Å². The number of anilines is 4. The molecule has 53 heavy (non-hydrogen) atoms. The van der Waals surface area contributed by atoms with Gasteiger partial charge in [-0.15, -0.1) is 10.2 Å². The van der Waals surface area contributed by atoms with Gasteiger partial charge in [0.05, 0.1) is 24.0 Å². The number of likely N-dealkylation sites (tertiary alicyclic amines) is 1. The van der Waals surface area contributed by atoms with Crippen molar-refractivity contribution in [3.05, 3.63) is 60.1 Å². The molecule has 280 valence electrons. The van der Waals surface area contributed by atoms with Crippen LogP contribution in [-0.2, 0) is 9.53 Å². The molecule has 3 saturated heterocycles. The number of phenolic OH excluding ortho intramolecular Hbond substituents is 1. The summed E-state index contributed by atoms with van der Waals surface area (Å²) in [5.74, 6) is 2.99. The van der Waals surface area contributed by atoms with Crippen LogP contribution in [-0.4, -0.2) is 112 Å². The fraction of sp³-hybridized carbons (Fsp3) is 0.538. The van der Waals surface area contributed by atoms with Crippen LogP contribution in [0.15, 0.2) is 53.3 Å². The molecule has 8 rings (SSSR count). The first-order chi connectivity index (χ1) is 25.9. The van der Waals surface area contributed by atoms with Gasteiger partial charge in [0, 0.05) is 69.3 Å². The van der Waals surface area contributed by atoms with Crippen molar-refractivity contribution in [1.82, 2.24) is 30.2 Å². The molecule has 3 fully saturated rings. The van der Waals surface area contributed by atoms with Gasteiger partial charge in [-0.05, 0) is 81.3 Å². The molecular weight excluding hydrogens is 672 g/mol. The van der Waals surface area contributed by atoms with Crippen LogP contribution in [0.25, 0.3) is 11.3 Å². The maximum absolute atomic E-state index is 12.6. The van der Waals surface area contributed by atoms with Gasteiger partial charge in [-0.1, -0.05) is 31.1 Å². The van der Waals surface area contributed by atoms with E-state index in [-0.39, 0.29) is 23.7 Å². The third-order valence-electron chi connectivity index (χ3n) is 11.5. The fourth-order valence-corrected chi connectivity index (χ4v) is 8.58. The van der Waals surface area contributed by atoms with E-state index in [1.807, 2.05) is 63.5 Å². The van der Waals surface area contributed by atoms with Crippen LogP contribution < -0.4 is 20.0 Å². The second-order valence-corrected chi connectivity index (χ2v) is 15.1. The number of rotatable bonds is 9. The van der Waals surface area contributed by atoms with Crippen LogP contribution in [0.2, 0.25) is 0 Å². The van der Waals surface area contributed by atoms with Crippen LogP contribution >= 0.6 is 0 Å². The van der Waals surface area contributed by atoms with E-state index in [1.54, 1.807) is 6.07 Å². The molecule has 0 aliphatic carbocycles. The highest BCUT2D eigenvalue weighted by molar-refractivity contribution is 5.78. The average Bonchev–Trinajstić information content (AvgIpc) is 3.67. The topological polar surface area (TPSA) is 149 Å². The summed E-state index contributed by atoms with van der Waals surface area (Å²) in [5, 5.41) is 27.0. The smallest absolute Gasteiger partial charge is 0.317 e. The zero-order valence-corrected chi connectivity index (χ0v) is 30.9. The summed E-state index contributed by atoms with van der Waals surface area (Å²) in [6.07, 6.45) is 8.48. The number of carbonyl (C=O) groups excluding carboxylic acids is 1. The lowest BCUT2D eigenvalue weighted by molar-refractivity contribution is -0.146. The first-order valence-electron chi connectivity index (χ1n) is 19.2. The fourth-order valence-electron chi connectivity index (χ4n) is 8.58. The number of nitrogens with zero attached hydrogens (tertiary/aromatic N) is 9. The Hall–Kier alpha value is -4.98. The SMILES string of the molecule is CCOC(=O)C(c1cc(N2CCC(N3CCC(c4cnc(N5CCN6c7cc(-c8ccccc8O)nnc7NC[C@@H]6C5)nc4)CC3)CC2)no1)C(C)C. The predicted molar refractivity (Wildman–Crippen MR) is 202 cm³/mol. The number of piperidine rings is 2. The van der Waals surface area contributed by atoms with Gasteiger partial charge in [0.25, 0.3) is 0 Å². The van der Waals surface area contributed by atoms with Gasteiger partial charge < -0.3 is 39.3 Å². The number of phenols is 1. The maximum Gasteiger partial charge on any atom is 0.317 e. The number of aromatic hydroxyl groups is 1. The molecular formula is C39H50N10O4. The summed E-state index contributed by atoms with van der Waals surface area (Å²) in [6.45, 7) is 13.4. The zero-order chi connectivity index (χ0) is 36.5. The number of fused-ring (bicyclic) bond motifs is 3. The molecule has 1 unspecified atom stereocenters. The Morgan fingerprint density at radius 1 is 0.962 bits per heavy atom. The van der Waals surface area contributed by atoms with Crippen LogP contribution in [0.5, 0.6) is 5.75 Å². The Labute approximate surface area is 310 Å². The lowest BCUT2D eigenvalue weighted by atomic mass is 9.89. The normalized spacial score (nSPS) is 20.5. The van der Waals surface area contributed by atoms with Crippen molar-refractivity contribution >= 4 is 29.2 Å². The Morgan fingerprint density at radius 3 is 2.47 bits per heavy atom. The van der Waals surface area contributed by atoms with Gasteiger partial charge in [0.1, 0.15) is 11.7 Å². The molecule has 0 saturated carbocycles. The molecule has 1 aromatic carbocycles. The van der Waals surface area contributed by atoms with E-state index in [0.717, 1.165) is 101 Å². The quantitative estimate of drug-likeness (QED) is 0.226. The maximum atomic E-state index is 12.6. The number of hydrogen-bond acceptors (Lipinski definition) is 14. The van der Waals surface area contributed by atoms with Gasteiger partial charge >= 0.3 is 5.97 Å². The van der Waals surface area contributed by atoms with Gasteiger partial charge in [-0.25, -0.2) is 9.97 Å². The van der Waals surface area contributed by atoms with Crippen LogP contribution in [0.3, 0.4) is 0 Å². The van der Waals surface area contributed by atoms with Crippen molar-refractivity contribution in [2.24, 2.45) is 5.92 Å². The van der Waals surface area contributed by atoms with E-state index >= 15 is 0 Å². The molecule has 2 N–H and O–H groups in total. The summed E-state index contributed by atoms with van der Waals surface area (Å²) < 4.78 is 11.0. The van der Waals surface area contributed by atoms with Crippen LogP contribution in [0, 0.1) is 5.92 Å². The molecule has 0 spiro atoms. The number of piperazine rings is 1. The Morgan fingerprint density at radius 2 is 1.74 bits per heavy atom. The number of esters is 1. The number of ether oxygens (including phenoxy) is 1. The lowest BCUT2D eigenvalue weighted by Gasteiger charge is -2.45. The second-order valence-electron chi connectivity index (χ2n) is 15.1. The van der Waals surface area contributed by atoms with Gasteiger partial charge in [-0.3, -0.25) is 4.79 Å². The van der Waals surface area contributed by atoms with E-state index in [4.69, 9.17) is 19.2 Å². The number of nitrogens with one attached hydrogen (secondary N) is 1. The third-order valence-corrected chi connectivity index (χ3v) is 11.5. The number of aromatic nitrogens is 5. The van der Waals surface area contributed by atoms with Crippen molar-refractivity contribution in [3.8, 4) is 17.0 Å². The summed E-state index contributed by atoms with van der Waals surface area (Å²) in [4.78, 5) is 31.9. The largest absolute Gasteiger partial charge is 0.507 e. The average molecular weight is 723 g/mol. The molecule has 4 aromatic rings. The highest BCUT2D eigenvalue weighted by atomic mass is 16.5. The Bertz CT molecular complexity index is 1870. The highest BCUT2D eigenvalue weighted by Gasteiger charge is 2.35. The van der Waals surface area contributed by atoms with E-state index in [2.05, 4.69) is 40.3 Å². The van der Waals surface area contributed by atoms with Gasteiger partial charge in [0.15, 0.2) is 17.4 Å². The van der Waals surface area contributed by atoms with Crippen molar-refractivity contribution < 1.29 is 19.2 Å². The van der Waals surface area contributed by atoms with Crippen molar-refractivity contribution in [2.45, 2.75) is 70.4 Å². The minimum absolute atomic E-state index is 0.0625.